The van der Waals surface area contributed by atoms with Crippen molar-refractivity contribution in [3.8, 4) is 5.75 Å². The molecule has 218 valence electrons. The van der Waals surface area contributed by atoms with Gasteiger partial charge in [0, 0.05) is 26.1 Å². The maximum absolute atomic E-state index is 13.2. The molecule has 0 radical (unpaired) electrons. The Hall–Kier alpha value is -2.92. The summed E-state index contributed by atoms with van der Waals surface area (Å²) >= 11 is 0. The lowest BCUT2D eigenvalue weighted by Crippen LogP contribution is -2.39. The Morgan fingerprint density at radius 3 is 2.45 bits per heavy atom. The van der Waals surface area contributed by atoms with E-state index in [1.807, 2.05) is 36.4 Å². The Bertz CT molecular complexity index is 1210. The number of nitrogens with one attached hydrogen (secondary N) is 1. The molecule has 9 nitrogen and oxygen atoms in total. The van der Waals surface area contributed by atoms with E-state index < -0.39 is 16.3 Å². The fraction of sp³-hybridized carbons (Fsp3) is 0.500. The van der Waals surface area contributed by atoms with Crippen LogP contribution in [0.1, 0.15) is 44.1 Å². The van der Waals surface area contributed by atoms with Crippen molar-refractivity contribution in [2.75, 3.05) is 33.4 Å². The Labute approximate surface area is 237 Å². The van der Waals surface area contributed by atoms with Gasteiger partial charge >= 0.3 is 0 Å². The highest BCUT2D eigenvalue weighted by atomic mass is 32.2. The first kappa shape index (κ1) is 30.0. The van der Waals surface area contributed by atoms with E-state index in [-0.39, 0.29) is 48.8 Å². The summed E-state index contributed by atoms with van der Waals surface area (Å²) in [5, 5.41) is 12.5. The number of methoxy groups -OCH3 is 1. The first-order valence-electron chi connectivity index (χ1n) is 14.0. The monoisotopic (exact) mass is 572 g/mol. The van der Waals surface area contributed by atoms with Crippen LogP contribution in [0.4, 0.5) is 0 Å². The van der Waals surface area contributed by atoms with Crippen molar-refractivity contribution in [1.29, 1.82) is 0 Å². The summed E-state index contributed by atoms with van der Waals surface area (Å²) in [6.07, 6.45) is 7.68. The number of nitrogens with zero attached hydrogens (tertiary/aromatic N) is 1. The number of hydrogen-bond acceptors (Lipinski definition) is 7. The molecule has 1 aliphatic heterocycles. The Morgan fingerprint density at radius 2 is 1.77 bits per heavy atom. The molecule has 0 aromatic heterocycles. The molecule has 2 aromatic carbocycles. The van der Waals surface area contributed by atoms with Crippen LogP contribution >= 0.6 is 0 Å². The molecule has 1 amide bonds. The van der Waals surface area contributed by atoms with Crippen molar-refractivity contribution in [3.05, 3.63) is 72.0 Å². The number of aliphatic hydroxyl groups excluding tert-OH is 1. The summed E-state index contributed by atoms with van der Waals surface area (Å²) in [7, 11) is -2.34. The summed E-state index contributed by atoms with van der Waals surface area (Å²) < 4.78 is 44.8. The van der Waals surface area contributed by atoms with Crippen LogP contribution in [-0.4, -0.2) is 63.4 Å². The molecule has 1 fully saturated rings. The van der Waals surface area contributed by atoms with Crippen molar-refractivity contribution >= 4 is 15.9 Å². The molecule has 2 N–H and O–H groups in total. The van der Waals surface area contributed by atoms with Crippen LogP contribution in [0.3, 0.4) is 0 Å². The van der Waals surface area contributed by atoms with Crippen LogP contribution in [0.25, 0.3) is 0 Å². The largest absolute Gasteiger partial charge is 0.497 e. The van der Waals surface area contributed by atoms with Crippen LogP contribution in [0.15, 0.2) is 71.3 Å². The summed E-state index contributed by atoms with van der Waals surface area (Å²) in [5.41, 5.74) is 0.992. The van der Waals surface area contributed by atoms with Gasteiger partial charge in [-0.15, -0.1) is 0 Å². The minimum atomic E-state index is -3.86. The smallest absolute Gasteiger partial charge is 0.286 e. The maximum Gasteiger partial charge on any atom is 0.286 e. The summed E-state index contributed by atoms with van der Waals surface area (Å²) in [4.78, 5) is 13.2. The maximum atomic E-state index is 13.2. The number of sulfonamides is 1. The normalized spacial score (nSPS) is 20.0. The molecule has 40 heavy (non-hydrogen) atoms. The second-order valence-corrected chi connectivity index (χ2v) is 12.2. The number of hydrogen-bond donors (Lipinski definition) is 2. The van der Waals surface area contributed by atoms with E-state index in [2.05, 4.69) is 5.32 Å². The van der Waals surface area contributed by atoms with Crippen molar-refractivity contribution in [1.82, 2.24) is 9.62 Å². The van der Waals surface area contributed by atoms with Gasteiger partial charge in [-0.1, -0.05) is 49.6 Å². The number of aliphatic hydroxyl groups is 1. The van der Waals surface area contributed by atoms with Gasteiger partial charge in [0.25, 0.3) is 5.91 Å². The van der Waals surface area contributed by atoms with Gasteiger partial charge in [0.2, 0.25) is 16.3 Å². The van der Waals surface area contributed by atoms with Crippen molar-refractivity contribution in [2.24, 2.45) is 11.8 Å². The first-order valence-corrected chi connectivity index (χ1v) is 15.4. The fourth-order valence-electron chi connectivity index (χ4n) is 5.35. The zero-order chi connectivity index (χ0) is 28.4. The van der Waals surface area contributed by atoms with Gasteiger partial charge in [-0.05, 0) is 60.6 Å². The van der Waals surface area contributed by atoms with E-state index in [1.54, 1.807) is 12.1 Å². The third-order valence-corrected chi connectivity index (χ3v) is 9.47. The van der Waals surface area contributed by atoms with Gasteiger partial charge in [-0.2, -0.15) is 4.31 Å². The van der Waals surface area contributed by atoms with E-state index in [0.29, 0.717) is 24.6 Å². The average molecular weight is 573 g/mol. The molecule has 10 heteroatoms. The standard InChI is InChI=1S/C30H40N2O7S/c1-37-26-12-14-27(15-13-26)40(35,36)32(16-18-33)17-19-38-29-21-25(24-10-6-3-7-11-24)20-28(39-29)30(34)31-22-23-8-4-2-5-9-23/h2,4-5,8-9,12-15,20,24-25,29,33H,3,6-7,10-11,16-19,21-22H2,1H3,(H,31,34)/t25-,29+/m1/s1. The first-order chi connectivity index (χ1) is 19.4. The molecule has 1 heterocycles. The van der Waals surface area contributed by atoms with Crippen molar-refractivity contribution in [3.63, 3.8) is 0 Å². The molecule has 0 unspecified atom stereocenters. The number of amides is 1. The molecular weight excluding hydrogens is 532 g/mol. The van der Waals surface area contributed by atoms with Gasteiger partial charge in [-0.25, -0.2) is 8.42 Å². The molecule has 0 saturated heterocycles. The van der Waals surface area contributed by atoms with Gasteiger partial charge in [0.1, 0.15) is 5.75 Å². The zero-order valence-electron chi connectivity index (χ0n) is 23.0. The lowest BCUT2D eigenvalue weighted by Gasteiger charge is -2.35. The molecule has 1 saturated carbocycles. The lowest BCUT2D eigenvalue weighted by atomic mass is 9.77. The topological polar surface area (TPSA) is 114 Å². The van der Waals surface area contributed by atoms with Gasteiger partial charge in [0.05, 0.1) is 25.2 Å². The fourth-order valence-corrected chi connectivity index (χ4v) is 6.76. The Morgan fingerprint density at radius 1 is 1.05 bits per heavy atom. The average Bonchev–Trinajstić information content (AvgIpc) is 3.00. The SMILES string of the molecule is COc1ccc(S(=O)(=O)N(CCO)CCO[C@@H]2C[C@H](C3CCCCC3)C=C(C(=O)NCc3ccccc3)O2)cc1. The molecule has 0 bridgehead atoms. The van der Waals surface area contributed by atoms with Crippen LogP contribution in [-0.2, 0) is 30.8 Å². The minimum absolute atomic E-state index is 0.0299. The van der Waals surface area contributed by atoms with Gasteiger partial charge in [0.15, 0.2) is 5.76 Å². The number of benzene rings is 2. The van der Waals surface area contributed by atoms with Crippen LogP contribution < -0.4 is 10.1 Å². The van der Waals surface area contributed by atoms with Crippen molar-refractivity contribution in [2.45, 2.75) is 56.3 Å². The van der Waals surface area contributed by atoms with Crippen LogP contribution in [0.5, 0.6) is 5.75 Å². The Kier molecular flexibility index (Phi) is 11.0. The van der Waals surface area contributed by atoms with Crippen LogP contribution in [0.2, 0.25) is 0 Å². The summed E-state index contributed by atoms with van der Waals surface area (Å²) in [6, 6.07) is 15.8. The van der Waals surface area contributed by atoms with E-state index >= 15 is 0 Å². The predicted octanol–water partition coefficient (Wildman–Crippen LogP) is 3.84. The minimum Gasteiger partial charge on any atom is -0.497 e. The van der Waals surface area contributed by atoms with Gasteiger partial charge in [-0.3, -0.25) is 4.79 Å². The number of carbonyl (C=O) groups is 1. The zero-order valence-corrected chi connectivity index (χ0v) is 23.9. The number of allylic oxidation sites excluding steroid dienone is 1. The highest BCUT2D eigenvalue weighted by molar-refractivity contribution is 7.89. The third kappa shape index (κ3) is 8.06. The number of ether oxygens (including phenoxy) is 3. The molecule has 2 atom stereocenters. The highest BCUT2D eigenvalue weighted by Gasteiger charge is 2.33. The van der Waals surface area contributed by atoms with Crippen LogP contribution in [0, 0.1) is 11.8 Å². The third-order valence-electron chi connectivity index (χ3n) is 7.55. The molecule has 0 spiro atoms. The van der Waals surface area contributed by atoms with E-state index in [1.165, 1.54) is 42.8 Å². The predicted molar refractivity (Wildman–Crippen MR) is 151 cm³/mol. The van der Waals surface area contributed by atoms with Crippen molar-refractivity contribution < 1.29 is 32.5 Å². The Balaban J connectivity index is 1.40. The molecular formula is C30H40N2O7S. The second kappa shape index (κ2) is 14.6. The summed E-state index contributed by atoms with van der Waals surface area (Å²) in [5.74, 6) is 1.12. The molecule has 2 aliphatic rings. The highest BCUT2D eigenvalue weighted by Crippen LogP contribution is 2.37. The van der Waals surface area contributed by atoms with E-state index in [4.69, 9.17) is 14.2 Å². The molecule has 1 aliphatic carbocycles. The quantitative estimate of drug-likeness (QED) is 0.375. The van der Waals surface area contributed by atoms with E-state index in [9.17, 15) is 18.3 Å². The molecule has 2 aromatic rings. The molecule has 4 rings (SSSR count). The number of rotatable bonds is 13. The lowest BCUT2D eigenvalue weighted by molar-refractivity contribution is -0.151. The number of carbonyl (C=O) groups excluding carboxylic acids is 1. The van der Waals surface area contributed by atoms with E-state index in [0.717, 1.165) is 18.4 Å². The second-order valence-electron chi connectivity index (χ2n) is 10.2. The summed E-state index contributed by atoms with van der Waals surface area (Å²) in [6.45, 7) is 0.0757. The van der Waals surface area contributed by atoms with Gasteiger partial charge < -0.3 is 24.6 Å².